The van der Waals surface area contributed by atoms with Gasteiger partial charge < -0.3 is 14.7 Å². The van der Waals surface area contributed by atoms with Crippen LogP contribution in [-0.2, 0) is 14.3 Å². The van der Waals surface area contributed by atoms with Crippen LogP contribution in [0, 0.1) is 0 Å². The Morgan fingerprint density at radius 2 is 2.31 bits per heavy atom. The maximum atomic E-state index is 10.9. The Labute approximate surface area is 76.3 Å². The molecule has 1 N–H and O–H groups in total. The number of carbonyl (C=O) groups is 2. The molecule has 1 rings (SSSR count). The van der Waals surface area contributed by atoms with Crippen molar-refractivity contribution >= 4 is 12.4 Å². The quantitative estimate of drug-likeness (QED) is 0.600. The van der Waals surface area contributed by atoms with Gasteiger partial charge in [0.05, 0.1) is 13.2 Å². The fourth-order valence-electron chi connectivity index (χ4n) is 1.32. The molecule has 1 aliphatic rings. The summed E-state index contributed by atoms with van der Waals surface area (Å²) in [5.41, 5.74) is -1.10. The molecule has 5 nitrogen and oxygen atoms in total. The summed E-state index contributed by atoms with van der Waals surface area (Å²) in [6, 6.07) is 0. The largest absolute Gasteiger partial charge is 0.479 e. The van der Waals surface area contributed by atoms with E-state index >= 15 is 0 Å². The number of amides is 1. The number of hydrogen-bond donors (Lipinski definition) is 1. The molecule has 0 radical (unpaired) electrons. The highest BCUT2D eigenvalue weighted by Gasteiger charge is 2.50. The fourth-order valence-corrected chi connectivity index (χ4v) is 1.32. The molecular formula is C8H13NO4. The van der Waals surface area contributed by atoms with Gasteiger partial charge in [-0.25, -0.2) is 4.79 Å². The first-order chi connectivity index (χ1) is 6.17. The maximum Gasteiger partial charge on any atom is 0.334 e. The van der Waals surface area contributed by atoms with E-state index in [1.165, 1.54) is 4.90 Å². The monoisotopic (exact) mass is 187 g/mol. The van der Waals surface area contributed by atoms with Gasteiger partial charge in [0.15, 0.2) is 5.54 Å². The van der Waals surface area contributed by atoms with Crippen LogP contribution in [0.2, 0.25) is 0 Å². The second kappa shape index (κ2) is 3.74. The second-order valence-corrected chi connectivity index (χ2v) is 3.13. The summed E-state index contributed by atoms with van der Waals surface area (Å²) < 4.78 is 4.85. The summed E-state index contributed by atoms with van der Waals surface area (Å²) in [6.07, 6.45) is 1.33. The van der Waals surface area contributed by atoms with Crippen molar-refractivity contribution in [2.75, 3.05) is 19.8 Å². The van der Waals surface area contributed by atoms with Gasteiger partial charge in [-0.3, -0.25) is 4.79 Å². The lowest BCUT2D eigenvalue weighted by molar-refractivity contribution is -0.187. The third-order valence-corrected chi connectivity index (χ3v) is 2.22. The molecule has 0 unspecified atom stereocenters. The van der Waals surface area contributed by atoms with Crippen molar-refractivity contribution in [2.24, 2.45) is 0 Å². The molecule has 1 saturated heterocycles. The Morgan fingerprint density at radius 1 is 1.69 bits per heavy atom. The topological polar surface area (TPSA) is 66.8 Å². The van der Waals surface area contributed by atoms with Crippen LogP contribution in [0.3, 0.4) is 0 Å². The molecule has 0 aromatic carbocycles. The van der Waals surface area contributed by atoms with E-state index in [2.05, 4.69) is 0 Å². The van der Waals surface area contributed by atoms with Crippen LogP contribution < -0.4 is 0 Å². The van der Waals surface area contributed by atoms with Gasteiger partial charge in [-0.1, -0.05) is 6.92 Å². The van der Waals surface area contributed by atoms with Crippen molar-refractivity contribution in [3.05, 3.63) is 0 Å². The molecule has 0 atom stereocenters. The number of ether oxygens (including phenoxy) is 1. The normalized spacial score (nSPS) is 18.8. The number of carbonyl (C=O) groups excluding carboxylic acids is 1. The average molecular weight is 187 g/mol. The number of carboxylic acids is 1. The third kappa shape index (κ3) is 1.51. The molecule has 1 aliphatic heterocycles. The predicted molar refractivity (Wildman–Crippen MR) is 44.2 cm³/mol. The van der Waals surface area contributed by atoms with E-state index < -0.39 is 11.5 Å². The molecule has 5 heteroatoms. The molecule has 0 aromatic rings. The standard InChI is InChI=1S/C8H13NO4/c1-2-3-9(6-10)8(7(11)12)4-13-5-8/h6H,2-5H2,1H3,(H,11,12). The zero-order valence-electron chi connectivity index (χ0n) is 7.52. The van der Waals surface area contributed by atoms with Crippen molar-refractivity contribution < 1.29 is 19.4 Å². The molecular weight excluding hydrogens is 174 g/mol. The van der Waals surface area contributed by atoms with E-state index in [-0.39, 0.29) is 13.2 Å². The summed E-state index contributed by atoms with van der Waals surface area (Å²) in [7, 11) is 0. The smallest absolute Gasteiger partial charge is 0.334 e. The van der Waals surface area contributed by atoms with Gasteiger partial charge in [-0.2, -0.15) is 0 Å². The van der Waals surface area contributed by atoms with Gasteiger partial charge in [-0.05, 0) is 6.42 Å². The van der Waals surface area contributed by atoms with Crippen molar-refractivity contribution in [1.82, 2.24) is 4.90 Å². The molecule has 0 spiro atoms. The highest BCUT2D eigenvalue weighted by Crippen LogP contribution is 2.24. The van der Waals surface area contributed by atoms with Crippen LogP contribution in [0.5, 0.6) is 0 Å². The summed E-state index contributed by atoms with van der Waals surface area (Å²) in [4.78, 5) is 22.8. The van der Waals surface area contributed by atoms with Gasteiger partial charge in [0.1, 0.15) is 0 Å². The molecule has 1 amide bonds. The van der Waals surface area contributed by atoms with Crippen LogP contribution in [0.15, 0.2) is 0 Å². The third-order valence-electron chi connectivity index (χ3n) is 2.22. The first-order valence-corrected chi connectivity index (χ1v) is 4.20. The minimum atomic E-state index is -1.10. The van der Waals surface area contributed by atoms with Gasteiger partial charge in [0.2, 0.25) is 6.41 Å². The summed E-state index contributed by atoms with van der Waals surface area (Å²) >= 11 is 0. The molecule has 1 heterocycles. The van der Waals surface area contributed by atoms with Crippen molar-refractivity contribution in [3.8, 4) is 0 Å². The number of carboxylic acid groups (broad SMARTS) is 1. The number of nitrogens with zero attached hydrogens (tertiary/aromatic N) is 1. The van der Waals surface area contributed by atoms with E-state index in [0.717, 1.165) is 6.42 Å². The Hall–Kier alpha value is -1.10. The van der Waals surface area contributed by atoms with Crippen LogP contribution in [-0.4, -0.2) is 47.7 Å². The van der Waals surface area contributed by atoms with Crippen molar-refractivity contribution in [1.29, 1.82) is 0 Å². The SMILES string of the molecule is CCCN(C=O)C1(C(=O)O)COC1. The molecule has 13 heavy (non-hydrogen) atoms. The number of rotatable bonds is 5. The summed E-state index contributed by atoms with van der Waals surface area (Å²) in [5, 5.41) is 8.93. The number of aliphatic carboxylic acids is 1. The van der Waals surface area contributed by atoms with E-state index in [9.17, 15) is 9.59 Å². The molecule has 1 fully saturated rings. The summed E-state index contributed by atoms with van der Waals surface area (Å²) in [6.45, 7) is 2.55. The zero-order valence-corrected chi connectivity index (χ0v) is 7.52. The van der Waals surface area contributed by atoms with Gasteiger partial charge in [0.25, 0.3) is 0 Å². The van der Waals surface area contributed by atoms with E-state index in [4.69, 9.17) is 9.84 Å². The predicted octanol–water partition coefficient (Wildman–Crippen LogP) is -0.292. The van der Waals surface area contributed by atoms with E-state index in [1.807, 2.05) is 6.92 Å². The first-order valence-electron chi connectivity index (χ1n) is 4.20. The minimum Gasteiger partial charge on any atom is -0.479 e. The first kappa shape index (κ1) is 9.98. The molecule has 74 valence electrons. The lowest BCUT2D eigenvalue weighted by Crippen LogP contribution is -2.66. The van der Waals surface area contributed by atoms with Gasteiger partial charge in [0, 0.05) is 6.54 Å². The second-order valence-electron chi connectivity index (χ2n) is 3.13. The van der Waals surface area contributed by atoms with Crippen LogP contribution >= 0.6 is 0 Å². The van der Waals surface area contributed by atoms with Crippen molar-refractivity contribution in [3.63, 3.8) is 0 Å². The fraction of sp³-hybridized carbons (Fsp3) is 0.750. The highest BCUT2D eigenvalue weighted by atomic mass is 16.5. The Balaban J connectivity index is 2.73. The van der Waals surface area contributed by atoms with Crippen LogP contribution in [0.1, 0.15) is 13.3 Å². The van der Waals surface area contributed by atoms with E-state index in [0.29, 0.717) is 13.0 Å². The van der Waals surface area contributed by atoms with Crippen LogP contribution in [0.4, 0.5) is 0 Å². The summed E-state index contributed by atoms with van der Waals surface area (Å²) in [5.74, 6) is -0.987. The zero-order chi connectivity index (χ0) is 9.90. The minimum absolute atomic E-state index is 0.0983. The van der Waals surface area contributed by atoms with Crippen molar-refractivity contribution in [2.45, 2.75) is 18.9 Å². The number of hydrogen-bond acceptors (Lipinski definition) is 3. The molecule has 0 aromatic heterocycles. The molecule has 0 saturated carbocycles. The Morgan fingerprint density at radius 3 is 2.54 bits per heavy atom. The average Bonchev–Trinajstić information content (AvgIpc) is 2.00. The lowest BCUT2D eigenvalue weighted by Gasteiger charge is -2.44. The maximum absolute atomic E-state index is 10.9. The molecule has 0 aliphatic carbocycles. The Bertz CT molecular complexity index is 212. The van der Waals surface area contributed by atoms with E-state index in [1.54, 1.807) is 0 Å². The Kier molecular flexibility index (Phi) is 2.87. The highest BCUT2D eigenvalue weighted by molar-refractivity contribution is 5.83. The lowest BCUT2D eigenvalue weighted by atomic mass is 9.95. The van der Waals surface area contributed by atoms with Crippen LogP contribution in [0.25, 0.3) is 0 Å². The van der Waals surface area contributed by atoms with Gasteiger partial charge >= 0.3 is 5.97 Å². The van der Waals surface area contributed by atoms with Gasteiger partial charge in [-0.15, -0.1) is 0 Å². The molecule has 0 bridgehead atoms.